The van der Waals surface area contributed by atoms with E-state index in [1.165, 1.54) is 12.8 Å². The summed E-state index contributed by atoms with van der Waals surface area (Å²) >= 11 is 6.43. The molecule has 0 spiro atoms. The lowest BCUT2D eigenvalue weighted by Gasteiger charge is -2.42. The summed E-state index contributed by atoms with van der Waals surface area (Å²) in [6.45, 7) is 11.6. The zero-order valence-electron chi connectivity index (χ0n) is 41.0. The van der Waals surface area contributed by atoms with E-state index in [4.69, 9.17) is 30.2 Å². The van der Waals surface area contributed by atoms with Crippen LogP contribution in [0.5, 0.6) is 11.5 Å². The molecular weight excluding hydrogens is 854 g/mol. The maximum absolute atomic E-state index is 13.3. The molecule has 4 aliphatic heterocycles. The van der Waals surface area contributed by atoms with Gasteiger partial charge in [-0.3, -0.25) is 24.0 Å². The number of carbonyl (C=O) groups is 2. The van der Waals surface area contributed by atoms with Gasteiger partial charge in [-0.1, -0.05) is 37.6 Å². The van der Waals surface area contributed by atoms with Crippen LogP contribution in [0.3, 0.4) is 0 Å². The first-order chi connectivity index (χ1) is 33.0. The number of nitriles is 1. The van der Waals surface area contributed by atoms with E-state index in [-0.39, 0.29) is 34.4 Å². The number of carbonyl (C=O) groups excluding carboxylic acids is 2. The van der Waals surface area contributed by atoms with Crippen LogP contribution >= 0.6 is 11.6 Å². The van der Waals surface area contributed by atoms with Crippen LogP contribution in [0.2, 0.25) is 5.02 Å². The summed E-state index contributed by atoms with van der Waals surface area (Å²) < 4.78 is 36.7. The Labute approximate surface area is 395 Å². The monoisotopic (exact) mass is 916 g/mol. The number of halogens is 1. The molecule has 3 aromatic carbocycles. The lowest BCUT2D eigenvalue weighted by Crippen LogP contribution is -2.44. The average Bonchev–Trinajstić information content (AvgIpc) is 3.59. The number of hydrogen-bond donors (Lipinski definition) is 1. The first-order valence-electron chi connectivity index (χ1n) is 24.8. The molecule has 1 unspecified atom stereocenters. The van der Waals surface area contributed by atoms with Crippen LogP contribution < -0.4 is 30.3 Å². The van der Waals surface area contributed by atoms with Crippen molar-refractivity contribution in [3.63, 3.8) is 0 Å². The molecule has 4 saturated heterocycles. The Bertz CT molecular complexity index is 2800. The number of benzene rings is 3. The average molecular weight is 918 g/mol. The van der Waals surface area contributed by atoms with Gasteiger partial charge in [-0.25, -0.2) is 14.8 Å². The minimum Gasteiger partial charge on any atom is -0.494 e. The number of ether oxygens (including phenoxy) is 2. The molecule has 0 saturated carbocycles. The summed E-state index contributed by atoms with van der Waals surface area (Å²) in [5.41, 5.74) is 4.37. The van der Waals surface area contributed by atoms with Crippen molar-refractivity contribution in [3.8, 4) is 17.6 Å². The fourth-order valence-corrected chi connectivity index (χ4v) is 11.0. The minimum absolute atomic E-state index is 0.0572. The van der Waals surface area contributed by atoms with Gasteiger partial charge in [0.2, 0.25) is 17.8 Å². The van der Waals surface area contributed by atoms with Gasteiger partial charge < -0.3 is 24.2 Å². The van der Waals surface area contributed by atoms with Crippen LogP contribution in [0, 0.1) is 29.1 Å². The van der Waals surface area contributed by atoms with Gasteiger partial charge in [0.15, 0.2) is 5.75 Å². The SMILES string of the molecule is [2H]C([2H])([2H])Oc1c(Cl)cc(C(C)(C)c2ccc(OCc3ccnc(N4CCC(CN5CCC(C6CCN(c7ccc8c(c7)n(C)c(=O)n8C7CCC(=O)NC7=O)CC6)CC5)CC4)n3)cc2)cc1C#N. The summed E-state index contributed by atoms with van der Waals surface area (Å²) in [6, 6.07) is 20.3. The normalized spacial score (nSPS) is 20.4. The van der Waals surface area contributed by atoms with E-state index >= 15 is 0 Å². The summed E-state index contributed by atoms with van der Waals surface area (Å²) in [4.78, 5) is 54.6. The lowest BCUT2D eigenvalue weighted by atomic mass is 9.77. The third-order valence-electron chi connectivity index (χ3n) is 14.9. The summed E-state index contributed by atoms with van der Waals surface area (Å²) in [7, 11) is -0.982. The highest BCUT2D eigenvalue weighted by Gasteiger charge is 2.34. The largest absolute Gasteiger partial charge is 0.494 e. The summed E-state index contributed by atoms with van der Waals surface area (Å²) in [5, 5.41) is 12.2. The summed E-state index contributed by atoms with van der Waals surface area (Å²) in [6.07, 6.45) is 9.39. The number of amides is 2. The molecule has 346 valence electrons. The Balaban J connectivity index is 0.708. The molecule has 0 bridgehead atoms. The summed E-state index contributed by atoms with van der Waals surface area (Å²) in [5.74, 6) is 2.68. The van der Waals surface area contributed by atoms with Crippen LogP contribution in [-0.4, -0.2) is 88.7 Å². The fourth-order valence-electron chi connectivity index (χ4n) is 10.7. The van der Waals surface area contributed by atoms with Gasteiger partial charge in [0.1, 0.15) is 24.5 Å². The number of aromatic nitrogens is 4. The molecule has 2 amide bonds. The van der Waals surface area contributed by atoms with Gasteiger partial charge in [0.05, 0.1) is 38.5 Å². The Hall–Kier alpha value is -5.91. The second-order valence-electron chi connectivity index (χ2n) is 19.1. The number of likely N-dealkylation sites (tertiary alicyclic amines) is 1. The van der Waals surface area contributed by atoms with Crippen LogP contribution in [0.15, 0.2) is 71.7 Å². The van der Waals surface area contributed by atoms with Crippen molar-refractivity contribution < 1.29 is 23.2 Å². The topological polar surface area (TPSA) is 151 Å². The molecule has 1 atom stereocenters. The number of aryl methyl sites for hydroxylation is 1. The van der Waals surface area contributed by atoms with Gasteiger partial charge in [0, 0.05) is 63.5 Å². The number of rotatable bonds is 12. The molecule has 66 heavy (non-hydrogen) atoms. The maximum Gasteiger partial charge on any atom is 0.329 e. The molecule has 0 radical (unpaired) electrons. The van der Waals surface area contributed by atoms with Gasteiger partial charge in [0.25, 0.3) is 0 Å². The Morgan fingerprint density at radius 2 is 1.58 bits per heavy atom. The van der Waals surface area contributed by atoms with E-state index < -0.39 is 24.4 Å². The Kier molecular flexibility index (Phi) is 12.0. The molecular formula is C51H60ClN9O5. The van der Waals surface area contributed by atoms with Crippen LogP contribution in [0.25, 0.3) is 11.0 Å². The van der Waals surface area contributed by atoms with Crippen molar-refractivity contribution in [2.45, 2.75) is 83.3 Å². The van der Waals surface area contributed by atoms with Crippen molar-refractivity contribution in [1.82, 2.24) is 29.3 Å². The highest BCUT2D eigenvalue weighted by atomic mass is 35.5. The number of hydrogen-bond acceptors (Lipinski definition) is 11. The second-order valence-corrected chi connectivity index (χ2v) is 19.5. The third kappa shape index (κ3) is 9.25. The molecule has 9 rings (SSSR count). The standard InChI is InChI=1S/C51H60ClN9O5/c1-51(2,38-27-36(30-53)47(65-4)42(52)28-38)37-5-8-41(9-6-37)66-32-39-13-20-54-49(55-39)60-23-14-33(15-24-60)31-58-21-16-34(17-22-58)35-18-25-59(26-19-35)40-7-10-43-45(29-40)57(3)50(64)61(43)44-11-12-46(62)56-48(44)63/h5-10,13,20,27-29,33-35,44H,11-12,14-19,21-26,31-32H2,1-4H3,(H,56,62,63)/i4D3. The van der Waals surface area contributed by atoms with E-state index in [2.05, 4.69) is 37.1 Å². The minimum atomic E-state index is -2.73. The number of imide groups is 1. The van der Waals surface area contributed by atoms with Crippen molar-refractivity contribution in [2.75, 3.05) is 62.7 Å². The molecule has 4 aliphatic rings. The van der Waals surface area contributed by atoms with Crippen LogP contribution in [0.1, 0.15) is 97.8 Å². The number of nitrogens with zero attached hydrogens (tertiary/aromatic N) is 8. The van der Waals surface area contributed by atoms with E-state index in [1.807, 2.05) is 56.3 Å². The quantitative estimate of drug-likeness (QED) is 0.125. The number of nitrogens with one attached hydrogen (secondary N) is 1. The number of imidazole rings is 1. The fraction of sp³-hybridized carbons (Fsp3) is 0.490. The molecule has 4 fully saturated rings. The van der Waals surface area contributed by atoms with Gasteiger partial charge >= 0.3 is 5.69 Å². The van der Waals surface area contributed by atoms with Gasteiger partial charge in [-0.2, -0.15) is 5.26 Å². The molecule has 0 aliphatic carbocycles. The van der Waals surface area contributed by atoms with E-state index in [0.717, 1.165) is 123 Å². The predicted octanol–water partition coefficient (Wildman–Crippen LogP) is 7.39. The highest BCUT2D eigenvalue weighted by molar-refractivity contribution is 6.32. The molecule has 2 aromatic heterocycles. The lowest BCUT2D eigenvalue weighted by molar-refractivity contribution is -0.135. The Morgan fingerprint density at radius 1 is 0.864 bits per heavy atom. The second kappa shape index (κ2) is 19.1. The molecule has 6 heterocycles. The maximum atomic E-state index is 13.3. The Morgan fingerprint density at radius 3 is 2.27 bits per heavy atom. The van der Waals surface area contributed by atoms with Crippen molar-refractivity contribution in [3.05, 3.63) is 105 Å². The number of fused-ring (bicyclic) bond motifs is 1. The van der Waals surface area contributed by atoms with E-state index in [9.17, 15) is 19.6 Å². The molecule has 1 N–H and O–H groups in total. The van der Waals surface area contributed by atoms with Gasteiger partial charge in [-0.05, 0) is 135 Å². The zero-order chi connectivity index (χ0) is 48.6. The molecule has 14 nitrogen and oxygen atoms in total. The van der Waals surface area contributed by atoms with Crippen LogP contribution in [-0.2, 0) is 28.7 Å². The van der Waals surface area contributed by atoms with E-state index in [1.54, 1.807) is 34.5 Å². The van der Waals surface area contributed by atoms with Crippen LogP contribution in [0.4, 0.5) is 11.6 Å². The van der Waals surface area contributed by atoms with Crippen molar-refractivity contribution in [2.24, 2.45) is 24.8 Å². The first kappa shape index (κ1) is 41.5. The first-order valence-corrected chi connectivity index (χ1v) is 23.7. The zero-order valence-corrected chi connectivity index (χ0v) is 38.7. The van der Waals surface area contributed by atoms with E-state index in [0.29, 0.717) is 24.7 Å². The highest BCUT2D eigenvalue weighted by Crippen LogP contribution is 2.39. The number of methoxy groups -OCH3 is 1. The van der Waals surface area contributed by atoms with Crippen molar-refractivity contribution >= 4 is 46.1 Å². The van der Waals surface area contributed by atoms with Gasteiger partial charge in [-0.15, -0.1) is 0 Å². The van der Waals surface area contributed by atoms with Crippen molar-refractivity contribution in [1.29, 1.82) is 5.26 Å². The molecule has 5 aromatic rings. The third-order valence-corrected chi connectivity index (χ3v) is 15.1. The predicted molar refractivity (Wildman–Crippen MR) is 255 cm³/mol. The number of anilines is 2. The number of piperidine rings is 4. The molecule has 15 heteroatoms. The smallest absolute Gasteiger partial charge is 0.329 e.